The summed E-state index contributed by atoms with van der Waals surface area (Å²) in [6.07, 6.45) is 0.891. The average molecular weight is 313 g/mol. The van der Waals surface area contributed by atoms with E-state index in [4.69, 9.17) is 4.74 Å². The van der Waals surface area contributed by atoms with Crippen LogP contribution in [0.5, 0.6) is 0 Å². The van der Waals surface area contributed by atoms with Crippen molar-refractivity contribution in [2.75, 3.05) is 34.3 Å². The lowest BCUT2D eigenvalue weighted by Crippen LogP contribution is -3.00. The molecule has 0 amide bonds. The van der Waals surface area contributed by atoms with Crippen LogP contribution >= 0.6 is 0 Å². The molecule has 0 aromatic carbocycles. The molecule has 0 N–H and O–H groups in total. The van der Waals surface area contributed by atoms with Crippen LogP contribution in [0, 0.1) is 0 Å². The zero-order valence-corrected chi connectivity index (χ0v) is 11.6. The van der Waals surface area contributed by atoms with Crippen molar-refractivity contribution in [2.24, 2.45) is 0 Å². The van der Waals surface area contributed by atoms with E-state index in [1.54, 1.807) is 6.92 Å². The molecular weight excluding hydrogens is 293 g/mol. The van der Waals surface area contributed by atoms with E-state index in [0.29, 0.717) is 12.2 Å². The van der Waals surface area contributed by atoms with Crippen molar-refractivity contribution < 1.29 is 38.0 Å². The predicted octanol–water partition coefficient (Wildman–Crippen LogP) is -1.79. The maximum atomic E-state index is 10.9. The lowest BCUT2D eigenvalue weighted by atomic mass is 10.3. The summed E-state index contributed by atoms with van der Waals surface area (Å²) in [6.45, 7) is 6.65. The lowest BCUT2D eigenvalue weighted by molar-refractivity contribution is -0.870. The van der Waals surface area contributed by atoms with E-state index in [1.807, 2.05) is 0 Å². The zero-order valence-electron chi connectivity index (χ0n) is 9.47. The van der Waals surface area contributed by atoms with Gasteiger partial charge in [-0.2, -0.15) is 0 Å². The highest BCUT2D eigenvalue weighted by molar-refractivity contribution is 5.86. The minimum absolute atomic E-state index is 0. The minimum atomic E-state index is -0.290. The van der Waals surface area contributed by atoms with Gasteiger partial charge in [0.05, 0.1) is 34.3 Å². The summed E-state index contributed by atoms with van der Waals surface area (Å²) in [5.74, 6) is -0.290. The van der Waals surface area contributed by atoms with E-state index in [0.717, 1.165) is 17.4 Å². The highest BCUT2D eigenvalue weighted by atomic mass is 127. The van der Waals surface area contributed by atoms with E-state index in [1.165, 1.54) is 0 Å². The number of hydrogen-bond donors (Lipinski definition) is 0. The zero-order chi connectivity index (χ0) is 10.5. The Kier molecular flexibility index (Phi) is 8.43. The number of nitrogens with zero attached hydrogens (tertiary/aromatic N) is 1. The Hall–Kier alpha value is -0.100. The number of quaternary nitrogens is 1. The second-order valence-electron chi connectivity index (χ2n) is 4.28. The molecule has 3 nitrogen and oxygen atoms in total. The van der Waals surface area contributed by atoms with E-state index < -0.39 is 0 Å². The molecule has 0 saturated heterocycles. The number of rotatable bonds is 5. The van der Waals surface area contributed by atoms with Crippen LogP contribution in [0.25, 0.3) is 0 Å². The molecule has 0 spiro atoms. The predicted molar refractivity (Wildman–Crippen MR) is 53.3 cm³/mol. The van der Waals surface area contributed by atoms with Crippen molar-refractivity contribution in [3.05, 3.63) is 12.2 Å². The van der Waals surface area contributed by atoms with Gasteiger partial charge in [0.25, 0.3) is 0 Å². The summed E-state index contributed by atoms with van der Waals surface area (Å²) < 4.78 is 5.84. The van der Waals surface area contributed by atoms with Crippen LogP contribution < -0.4 is 24.0 Å². The molecule has 4 heteroatoms. The maximum absolute atomic E-state index is 10.9. The number of halogens is 1. The van der Waals surface area contributed by atoms with E-state index in [9.17, 15) is 4.79 Å². The summed E-state index contributed by atoms with van der Waals surface area (Å²) in [6, 6.07) is 0. The first-order valence-corrected chi connectivity index (χ1v) is 4.46. The summed E-state index contributed by atoms with van der Waals surface area (Å²) in [7, 11) is 6.34. The highest BCUT2D eigenvalue weighted by Gasteiger charge is 2.07. The largest absolute Gasteiger partial charge is 1.00 e. The SMILES string of the molecule is C=C(C)C(=O)OCCC[N+](C)(C)C.[I-]. The Morgan fingerprint density at radius 3 is 2.21 bits per heavy atom. The second-order valence-corrected chi connectivity index (χ2v) is 4.28. The van der Waals surface area contributed by atoms with E-state index >= 15 is 0 Å². The van der Waals surface area contributed by atoms with E-state index in [-0.39, 0.29) is 29.9 Å². The van der Waals surface area contributed by atoms with Gasteiger partial charge in [-0.15, -0.1) is 0 Å². The van der Waals surface area contributed by atoms with Gasteiger partial charge >= 0.3 is 5.97 Å². The molecule has 0 bridgehead atoms. The van der Waals surface area contributed by atoms with Gasteiger partial charge in [-0.25, -0.2) is 4.79 Å². The molecule has 0 aliphatic heterocycles. The average Bonchev–Trinajstić information content (AvgIpc) is 1.95. The third-order valence-corrected chi connectivity index (χ3v) is 1.55. The first-order valence-electron chi connectivity index (χ1n) is 4.46. The maximum Gasteiger partial charge on any atom is 0.333 e. The number of hydrogen-bond acceptors (Lipinski definition) is 2. The second kappa shape index (κ2) is 7.23. The normalized spacial score (nSPS) is 10.3. The Balaban J connectivity index is 0. The topological polar surface area (TPSA) is 26.3 Å². The molecular formula is C10H20INO2. The Bertz CT molecular complexity index is 197. The fourth-order valence-corrected chi connectivity index (χ4v) is 0.827. The fourth-order valence-electron chi connectivity index (χ4n) is 0.827. The third kappa shape index (κ3) is 9.98. The van der Waals surface area contributed by atoms with Crippen molar-refractivity contribution in [2.45, 2.75) is 13.3 Å². The van der Waals surface area contributed by atoms with Crippen LogP contribution in [0.3, 0.4) is 0 Å². The first-order chi connectivity index (χ1) is 5.83. The van der Waals surface area contributed by atoms with Gasteiger partial charge in [-0.05, 0) is 6.92 Å². The molecule has 0 aromatic heterocycles. The van der Waals surface area contributed by atoms with Crippen LogP contribution in [0.1, 0.15) is 13.3 Å². The molecule has 84 valence electrons. The number of carbonyl (C=O) groups is 1. The molecule has 0 heterocycles. The quantitative estimate of drug-likeness (QED) is 0.197. The van der Waals surface area contributed by atoms with Crippen molar-refractivity contribution >= 4 is 5.97 Å². The molecule has 0 saturated carbocycles. The smallest absolute Gasteiger partial charge is 0.333 e. The lowest BCUT2D eigenvalue weighted by Gasteiger charge is -2.23. The molecule has 0 fully saturated rings. The number of carbonyl (C=O) groups excluding carboxylic acids is 1. The highest BCUT2D eigenvalue weighted by Crippen LogP contribution is 1.96. The van der Waals surface area contributed by atoms with Crippen molar-refractivity contribution in [1.82, 2.24) is 0 Å². The van der Waals surface area contributed by atoms with Gasteiger partial charge in [0.2, 0.25) is 0 Å². The Labute approximate surface area is 104 Å². The first kappa shape index (κ1) is 16.3. The molecule has 0 aromatic rings. The van der Waals surface area contributed by atoms with E-state index in [2.05, 4.69) is 27.7 Å². The number of esters is 1. The third-order valence-electron chi connectivity index (χ3n) is 1.55. The molecule has 0 radical (unpaired) electrons. The van der Waals surface area contributed by atoms with Gasteiger partial charge in [0.15, 0.2) is 0 Å². The molecule has 0 atom stereocenters. The summed E-state index contributed by atoms with van der Waals surface area (Å²) in [4.78, 5) is 10.9. The molecule has 0 unspecified atom stereocenters. The van der Waals surface area contributed by atoms with Crippen LogP contribution in [0.4, 0.5) is 0 Å². The van der Waals surface area contributed by atoms with Crippen LogP contribution in [-0.4, -0.2) is 44.7 Å². The van der Waals surface area contributed by atoms with Gasteiger partial charge in [-0.1, -0.05) is 6.58 Å². The standard InChI is InChI=1S/C10H20NO2.HI/c1-9(2)10(12)13-8-6-7-11(3,4)5;/h1,6-8H2,2-5H3;1H/q+1;/p-1. The number of ether oxygens (including phenoxy) is 1. The van der Waals surface area contributed by atoms with Crippen molar-refractivity contribution in [3.63, 3.8) is 0 Å². The van der Waals surface area contributed by atoms with Crippen LogP contribution in [0.15, 0.2) is 12.2 Å². The van der Waals surface area contributed by atoms with Crippen molar-refractivity contribution in [3.8, 4) is 0 Å². The molecule has 0 aliphatic rings. The van der Waals surface area contributed by atoms with Crippen LogP contribution in [-0.2, 0) is 9.53 Å². The summed E-state index contributed by atoms with van der Waals surface area (Å²) in [5, 5.41) is 0. The Morgan fingerprint density at radius 2 is 1.86 bits per heavy atom. The molecule has 14 heavy (non-hydrogen) atoms. The van der Waals surface area contributed by atoms with Gasteiger partial charge < -0.3 is 33.2 Å². The van der Waals surface area contributed by atoms with Crippen LogP contribution in [0.2, 0.25) is 0 Å². The molecule has 0 rings (SSSR count). The fraction of sp³-hybridized carbons (Fsp3) is 0.700. The van der Waals surface area contributed by atoms with Gasteiger partial charge in [0.1, 0.15) is 0 Å². The minimum Gasteiger partial charge on any atom is -1.00 e. The summed E-state index contributed by atoms with van der Waals surface area (Å²) >= 11 is 0. The van der Waals surface area contributed by atoms with Crippen molar-refractivity contribution in [1.29, 1.82) is 0 Å². The molecule has 0 aliphatic carbocycles. The Morgan fingerprint density at radius 1 is 1.36 bits per heavy atom. The summed E-state index contributed by atoms with van der Waals surface area (Å²) in [5.41, 5.74) is 0.463. The van der Waals surface area contributed by atoms with Gasteiger partial charge in [-0.3, -0.25) is 0 Å². The van der Waals surface area contributed by atoms with Gasteiger partial charge in [0, 0.05) is 12.0 Å². The monoisotopic (exact) mass is 313 g/mol.